The van der Waals surface area contributed by atoms with Gasteiger partial charge in [-0.25, -0.2) is 5.43 Å². The molecule has 2 aromatic carbocycles. The first-order valence-corrected chi connectivity index (χ1v) is 7.89. The molecule has 0 aliphatic rings. The summed E-state index contributed by atoms with van der Waals surface area (Å²) < 4.78 is 0. The molecule has 0 aliphatic carbocycles. The van der Waals surface area contributed by atoms with E-state index in [0.29, 0.717) is 11.3 Å². The van der Waals surface area contributed by atoms with Crippen molar-refractivity contribution in [3.05, 3.63) is 65.2 Å². The van der Waals surface area contributed by atoms with Gasteiger partial charge in [0.15, 0.2) is 0 Å². The van der Waals surface area contributed by atoms with Gasteiger partial charge < -0.3 is 5.73 Å². The fourth-order valence-corrected chi connectivity index (χ4v) is 2.19. The van der Waals surface area contributed by atoms with Crippen molar-refractivity contribution in [2.45, 2.75) is 33.1 Å². The summed E-state index contributed by atoms with van der Waals surface area (Å²) in [6, 6.07) is 15.1. The normalized spacial score (nSPS) is 11.3. The van der Waals surface area contributed by atoms with Crippen molar-refractivity contribution in [1.82, 2.24) is 5.43 Å². The highest BCUT2D eigenvalue weighted by molar-refractivity contribution is 6.00. The van der Waals surface area contributed by atoms with Crippen molar-refractivity contribution in [3.8, 4) is 0 Å². The van der Waals surface area contributed by atoms with E-state index in [1.165, 1.54) is 18.4 Å². The minimum atomic E-state index is -0.246. The second-order valence-corrected chi connectivity index (χ2v) is 5.56. The van der Waals surface area contributed by atoms with Crippen molar-refractivity contribution in [2.24, 2.45) is 5.10 Å². The number of hydrogen-bond acceptors (Lipinski definition) is 3. The number of aryl methyl sites for hydroxylation is 1. The van der Waals surface area contributed by atoms with Gasteiger partial charge in [0, 0.05) is 11.3 Å². The first-order chi connectivity index (χ1) is 11.1. The van der Waals surface area contributed by atoms with Gasteiger partial charge in [-0.2, -0.15) is 5.10 Å². The molecule has 120 valence electrons. The Kier molecular flexibility index (Phi) is 5.92. The van der Waals surface area contributed by atoms with Gasteiger partial charge in [-0.05, 0) is 55.2 Å². The molecule has 3 N–H and O–H groups in total. The minimum Gasteiger partial charge on any atom is -0.399 e. The van der Waals surface area contributed by atoms with Crippen LogP contribution in [0.25, 0.3) is 0 Å². The van der Waals surface area contributed by atoms with E-state index < -0.39 is 0 Å². The van der Waals surface area contributed by atoms with Crippen molar-refractivity contribution in [1.29, 1.82) is 0 Å². The lowest BCUT2D eigenvalue weighted by Gasteiger charge is -2.05. The van der Waals surface area contributed by atoms with Crippen molar-refractivity contribution in [3.63, 3.8) is 0 Å². The summed E-state index contributed by atoms with van der Waals surface area (Å²) in [5.41, 5.74) is 12.4. The second-order valence-electron chi connectivity index (χ2n) is 5.56. The Morgan fingerprint density at radius 1 is 1.04 bits per heavy atom. The quantitative estimate of drug-likeness (QED) is 0.484. The van der Waals surface area contributed by atoms with Crippen LogP contribution in [0.2, 0.25) is 0 Å². The molecule has 0 aromatic heterocycles. The number of nitrogens with zero attached hydrogens (tertiary/aromatic N) is 1. The first kappa shape index (κ1) is 16.7. The number of amides is 1. The van der Waals surface area contributed by atoms with Crippen LogP contribution in [0.4, 0.5) is 5.69 Å². The maximum Gasteiger partial charge on any atom is 0.271 e. The molecule has 0 unspecified atom stereocenters. The maximum absolute atomic E-state index is 12.0. The van der Waals surface area contributed by atoms with Gasteiger partial charge in [-0.3, -0.25) is 4.79 Å². The van der Waals surface area contributed by atoms with E-state index in [2.05, 4.69) is 29.6 Å². The Bertz CT molecular complexity index is 673. The number of nitrogens with two attached hydrogens (primary N) is 1. The van der Waals surface area contributed by atoms with E-state index in [9.17, 15) is 4.79 Å². The van der Waals surface area contributed by atoms with E-state index >= 15 is 0 Å². The van der Waals surface area contributed by atoms with Crippen LogP contribution >= 0.6 is 0 Å². The molecule has 2 rings (SSSR count). The molecule has 0 saturated heterocycles. The summed E-state index contributed by atoms with van der Waals surface area (Å²) in [6.45, 7) is 4.07. The Balaban J connectivity index is 1.99. The predicted molar refractivity (Wildman–Crippen MR) is 95.6 cm³/mol. The molecule has 0 fully saturated rings. The highest BCUT2D eigenvalue weighted by Gasteiger charge is 2.04. The standard InChI is InChI=1S/C19H23N3O/c1-3-4-5-15-6-8-16(9-7-15)14(2)21-22-19(23)17-10-12-18(20)13-11-17/h6-13H,3-5,20H2,1-2H3,(H,22,23)/b21-14-. The number of carbonyl (C=O) groups is 1. The Labute approximate surface area is 137 Å². The second kappa shape index (κ2) is 8.13. The smallest absolute Gasteiger partial charge is 0.271 e. The summed E-state index contributed by atoms with van der Waals surface area (Å²) in [7, 11) is 0. The Morgan fingerprint density at radius 3 is 2.26 bits per heavy atom. The number of nitrogens with one attached hydrogen (secondary N) is 1. The molecule has 2 aromatic rings. The summed E-state index contributed by atoms with van der Waals surface area (Å²) in [4.78, 5) is 12.0. The summed E-state index contributed by atoms with van der Waals surface area (Å²) in [6.07, 6.45) is 3.49. The largest absolute Gasteiger partial charge is 0.399 e. The average Bonchev–Trinajstić information content (AvgIpc) is 2.58. The zero-order valence-corrected chi connectivity index (χ0v) is 13.7. The highest BCUT2D eigenvalue weighted by atomic mass is 16.2. The van der Waals surface area contributed by atoms with Crippen molar-refractivity contribution >= 4 is 17.3 Å². The molecule has 0 saturated carbocycles. The molecule has 4 nitrogen and oxygen atoms in total. The molecule has 0 bridgehead atoms. The van der Waals surface area contributed by atoms with E-state index in [1.807, 2.05) is 19.1 Å². The van der Waals surface area contributed by atoms with E-state index in [4.69, 9.17) is 5.73 Å². The van der Waals surface area contributed by atoms with Crippen LogP contribution in [-0.4, -0.2) is 11.6 Å². The number of hydrogen-bond donors (Lipinski definition) is 2. The predicted octanol–water partition coefficient (Wildman–Crippen LogP) is 3.77. The van der Waals surface area contributed by atoms with Crippen LogP contribution in [0.1, 0.15) is 48.2 Å². The molecule has 23 heavy (non-hydrogen) atoms. The highest BCUT2D eigenvalue weighted by Crippen LogP contribution is 2.09. The zero-order valence-electron chi connectivity index (χ0n) is 13.7. The van der Waals surface area contributed by atoms with E-state index in [1.54, 1.807) is 24.3 Å². The first-order valence-electron chi connectivity index (χ1n) is 7.89. The van der Waals surface area contributed by atoms with Gasteiger partial charge in [0.25, 0.3) is 5.91 Å². The number of unbranched alkanes of at least 4 members (excludes halogenated alkanes) is 1. The minimum absolute atomic E-state index is 0.246. The number of nitrogen functional groups attached to an aromatic ring is 1. The molecule has 4 heteroatoms. The van der Waals surface area contributed by atoms with Gasteiger partial charge in [-0.15, -0.1) is 0 Å². The Morgan fingerprint density at radius 2 is 1.65 bits per heavy atom. The van der Waals surface area contributed by atoms with Crippen LogP contribution < -0.4 is 11.2 Å². The monoisotopic (exact) mass is 309 g/mol. The number of benzene rings is 2. The van der Waals surface area contributed by atoms with Gasteiger partial charge in [0.2, 0.25) is 0 Å². The van der Waals surface area contributed by atoms with E-state index in [0.717, 1.165) is 17.7 Å². The number of rotatable bonds is 6. The molecule has 0 spiro atoms. The van der Waals surface area contributed by atoms with Crippen molar-refractivity contribution in [2.75, 3.05) is 5.73 Å². The number of carbonyl (C=O) groups excluding carboxylic acids is 1. The lowest BCUT2D eigenvalue weighted by atomic mass is 10.0. The number of anilines is 1. The van der Waals surface area contributed by atoms with Crippen LogP contribution in [0, 0.1) is 0 Å². The van der Waals surface area contributed by atoms with Crippen LogP contribution in [0.15, 0.2) is 53.6 Å². The summed E-state index contributed by atoms with van der Waals surface area (Å²) >= 11 is 0. The van der Waals surface area contributed by atoms with Crippen molar-refractivity contribution < 1.29 is 4.79 Å². The molecule has 0 aliphatic heterocycles. The number of hydrazone groups is 1. The molecule has 1 amide bonds. The average molecular weight is 309 g/mol. The maximum atomic E-state index is 12.0. The van der Waals surface area contributed by atoms with Crippen LogP contribution in [0.5, 0.6) is 0 Å². The third kappa shape index (κ3) is 4.95. The van der Waals surface area contributed by atoms with Crippen LogP contribution in [-0.2, 0) is 6.42 Å². The fourth-order valence-electron chi connectivity index (χ4n) is 2.19. The summed E-state index contributed by atoms with van der Waals surface area (Å²) in [5, 5.41) is 4.17. The SMILES string of the molecule is CCCCc1ccc(/C(C)=N\NC(=O)c2ccc(N)cc2)cc1. The molecule has 0 radical (unpaired) electrons. The lowest BCUT2D eigenvalue weighted by Crippen LogP contribution is -2.19. The molecular formula is C19H23N3O. The van der Waals surface area contributed by atoms with Crippen LogP contribution in [0.3, 0.4) is 0 Å². The van der Waals surface area contributed by atoms with Gasteiger partial charge in [-0.1, -0.05) is 37.6 Å². The zero-order chi connectivity index (χ0) is 16.7. The lowest BCUT2D eigenvalue weighted by molar-refractivity contribution is 0.0955. The molecule has 0 heterocycles. The summed E-state index contributed by atoms with van der Waals surface area (Å²) in [5.74, 6) is -0.246. The molecule has 0 atom stereocenters. The topological polar surface area (TPSA) is 67.5 Å². The third-order valence-electron chi connectivity index (χ3n) is 3.69. The molecular weight excluding hydrogens is 286 g/mol. The van der Waals surface area contributed by atoms with E-state index in [-0.39, 0.29) is 5.91 Å². The third-order valence-corrected chi connectivity index (χ3v) is 3.69. The van der Waals surface area contributed by atoms with Gasteiger partial charge in [0.05, 0.1) is 5.71 Å². The Hall–Kier alpha value is -2.62. The van der Waals surface area contributed by atoms with Gasteiger partial charge >= 0.3 is 0 Å². The fraction of sp³-hybridized carbons (Fsp3) is 0.263. The van der Waals surface area contributed by atoms with Gasteiger partial charge in [0.1, 0.15) is 0 Å².